The van der Waals surface area contributed by atoms with Crippen LogP contribution in [0.5, 0.6) is 0 Å². The van der Waals surface area contributed by atoms with Gasteiger partial charge >= 0.3 is 0 Å². The molecule has 17 heavy (non-hydrogen) atoms. The normalized spacial score (nSPS) is 16.0. The summed E-state index contributed by atoms with van der Waals surface area (Å²) in [5.41, 5.74) is 3.59. The lowest BCUT2D eigenvalue weighted by Crippen LogP contribution is -2.30. The monoisotopic (exact) mass is 238 g/mol. The van der Waals surface area contributed by atoms with Gasteiger partial charge in [0.25, 0.3) is 0 Å². The van der Waals surface area contributed by atoms with E-state index < -0.39 is 0 Å². The van der Waals surface area contributed by atoms with E-state index in [-0.39, 0.29) is 0 Å². The molecule has 2 aromatic carbocycles. The first kappa shape index (κ1) is 9.31. The molecule has 0 aromatic heterocycles. The summed E-state index contributed by atoms with van der Waals surface area (Å²) < 4.78 is 0. The van der Waals surface area contributed by atoms with E-state index in [2.05, 4.69) is 47.4 Å². The fraction of sp³-hybridized carbons (Fsp3) is 0.0714. The summed E-state index contributed by atoms with van der Waals surface area (Å²) in [6.45, 7) is 0.901. The van der Waals surface area contributed by atoms with Crippen LogP contribution < -0.4 is 4.90 Å². The summed E-state index contributed by atoms with van der Waals surface area (Å²) in [4.78, 5) is 8.35. The van der Waals surface area contributed by atoms with Crippen molar-refractivity contribution in [3.05, 3.63) is 48.5 Å². The van der Waals surface area contributed by atoms with E-state index in [9.17, 15) is 0 Å². The number of benzene rings is 2. The molecule has 2 aromatic rings. The Kier molecular flexibility index (Phi) is 1.85. The van der Waals surface area contributed by atoms with Crippen molar-refractivity contribution in [2.75, 3.05) is 11.4 Å². The van der Waals surface area contributed by atoms with E-state index in [4.69, 9.17) is 4.99 Å². The number of aliphatic imine (C=N–C) groups is 1. The second-order valence-corrected chi connectivity index (χ2v) is 5.27. The molecule has 2 nitrogen and oxygen atoms in total. The minimum absolute atomic E-state index is 0.901. The average Bonchev–Trinajstić information content (AvgIpc) is 2.39. The van der Waals surface area contributed by atoms with E-state index in [1.54, 1.807) is 11.8 Å². The molecule has 3 heteroatoms. The molecule has 2 heterocycles. The molecule has 0 amide bonds. The maximum Gasteiger partial charge on any atom is 0.0986 e. The van der Waals surface area contributed by atoms with Crippen LogP contribution in [0, 0.1) is 0 Å². The summed E-state index contributed by atoms with van der Waals surface area (Å²) in [7, 11) is 0. The van der Waals surface area contributed by atoms with E-state index in [1.807, 2.05) is 6.07 Å². The number of anilines is 2. The molecule has 0 saturated carbocycles. The van der Waals surface area contributed by atoms with Crippen molar-refractivity contribution in [1.29, 1.82) is 0 Å². The minimum atomic E-state index is 0.901. The van der Waals surface area contributed by atoms with Gasteiger partial charge in [-0.3, -0.25) is 0 Å². The Hall–Kier alpha value is -1.74. The first-order chi connectivity index (χ1) is 8.42. The molecule has 0 spiro atoms. The number of hydrogen-bond donors (Lipinski definition) is 0. The van der Waals surface area contributed by atoms with Crippen LogP contribution >= 0.6 is 11.8 Å². The van der Waals surface area contributed by atoms with Gasteiger partial charge in [0.2, 0.25) is 0 Å². The number of fused-ring (bicyclic) bond motifs is 6. The van der Waals surface area contributed by atoms with Crippen molar-refractivity contribution in [3.63, 3.8) is 0 Å². The topological polar surface area (TPSA) is 15.6 Å². The van der Waals surface area contributed by atoms with Crippen molar-refractivity contribution in [2.24, 2.45) is 4.99 Å². The molecule has 0 radical (unpaired) electrons. The van der Waals surface area contributed by atoms with E-state index >= 15 is 0 Å². The highest BCUT2D eigenvalue weighted by atomic mass is 32.2. The highest BCUT2D eigenvalue weighted by Gasteiger charge is 2.27. The van der Waals surface area contributed by atoms with Crippen LogP contribution in [0.2, 0.25) is 0 Å². The molecule has 0 fully saturated rings. The Morgan fingerprint density at radius 1 is 0.941 bits per heavy atom. The average molecular weight is 238 g/mol. The number of para-hydroxylation sites is 3. The molecule has 0 saturated heterocycles. The molecule has 2 aliphatic rings. The summed E-state index contributed by atoms with van der Waals surface area (Å²) in [5, 5.41) is 1.18. The summed E-state index contributed by atoms with van der Waals surface area (Å²) in [5.74, 6) is 0. The molecule has 82 valence electrons. The lowest BCUT2D eigenvalue weighted by Gasteiger charge is -2.35. The van der Waals surface area contributed by atoms with Crippen molar-refractivity contribution in [2.45, 2.75) is 4.90 Å². The summed E-state index contributed by atoms with van der Waals surface area (Å²) in [6, 6.07) is 16.9. The van der Waals surface area contributed by atoms with Gasteiger partial charge in [-0.15, -0.1) is 0 Å². The van der Waals surface area contributed by atoms with Crippen molar-refractivity contribution < 1.29 is 0 Å². The van der Waals surface area contributed by atoms with Crippen molar-refractivity contribution in [3.8, 4) is 0 Å². The molecule has 0 unspecified atom stereocenters. The van der Waals surface area contributed by atoms with E-state index in [0.29, 0.717) is 0 Å². The fourth-order valence-corrected chi connectivity index (χ4v) is 3.36. The van der Waals surface area contributed by atoms with Gasteiger partial charge in [0.15, 0.2) is 0 Å². The highest BCUT2D eigenvalue weighted by Crippen LogP contribution is 2.46. The molecule has 2 bridgehead atoms. The van der Waals surface area contributed by atoms with Crippen LogP contribution in [0.1, 0.15) is 0 Å². The van der Waals surface area contributed by atoms with Gasteiger partial charge in [0, 0.05) is 4.90 Å². The van der Waals surface area contributed by atoms with E-state index in [1.165, 1.54) is 21.3 Å². The first-order valence-corrected chi connectivity index (χ1v) is 6.44. The summed E-state index contributed by atoms with van der Waals surface area (Å²) >= 11 is 1.78. The van der Waals surface area contributed by atoms with Crippen LogP contribution in [-0.4, -0.2) is 11.6 Å². The summed E-state index contributed by atoms with van der Waals surface area (Å²) in [6.07, 6.45) is 0. The van der Waals surface area contributed by atoms with Gasteiger partial charge in [0.05, 0.1) is 28.7 Å². The van der Waals surface area contributed by atoms with Gasteiger partial charge in [-0.05, 0) is 24.3 Å². The van der Waals surface area contributed by atoms with E-state index in [0.717, 1.165) is 12.2 Å². The SMILES string of the molecule is c1ccc2c(c1)N=C1CN2c2ccccc2S1. The Morgan fingerprint density at radius 2 is 1.71 bits per heavy atom. The molecular weight excluding hydrogens is 228 g/mol. The maximum atomic E-state index is 4.70. The number of hydrogen-bond acceptors (Lipinski definition) is 3. The molecule has 2 aliphatic heterocycles. The van der Waals surface area contributed by atoms with Crippen LogP contribution in [0.3, 0.4) is 0 Å². The van der Waals surface area contributed by atoms with Gasteiger partial charge in [0.1, 0.15) is 0 Å². The molecule has 0 aliphatic carbocycles. The Morgan fingerprint density at radius 3 is 2.65 bits per heavy atom. The van der Waals surface area contributed by atoms with Crippen LogP contribution in [0.25, 0.3) is 0 Å². The third-order valence-corrected chi connectivity index (χ3v) is 4.12. The minimum Gasteiger partial charge on any atom is -0.332 e. The smallest absolute Gasteiger partial charge is 0.0986 e. The fourth-order valence-electron chi connectivity index (χ4n) is 2.34. The zero-order chi connectivity index (χ0) is 11.2. The quantitative estimate of drug-likeness (QED) is 0.690. The second-order valence-electron chi connectivity index (χ2n) is 4.15. The van der Waals surface area contributed by atoms with Crippen LogP contribution in [-0.2, 0) is 0 Å². The van der Waals surface area contributed by atoms with Gasteiger partial charge < -0.3 is 4.90 Å². The zero-order valence-electron chi connectivity index (χ0n) is 9.13. The Labute approximate surface area is 104 Å². The van der Waals surface area contributed by atoms with Crippen LogP contribution in [0.15, 0.2) is 58.4 Å². The Bertz CT molecular complexity index is 634. The number of thioether (sulfide) groups is 1. The second kappa shape index (κ2) is 3.37. The number of nitrogens with zero attached hydrogens (tertiary/aromatic N) is 2. The maximum absolute atomic E-state index is 4.70. The first-order valence-electron chi connectivity index (χ1n) is 5.63. The highest BCUT2D eigenvalue weighted by molar-refractivity contribution is 8.14. The zero-order valence-corrected chi connectivity index (χ0v) is 9.95. The Balaban J connectivity index is 2.00. The van der Waals surface area contributed by atoms with Gasteiger partial charge in [-0.2, -0.15) is 0 Å². The standard InChI is InChI=1S/C14H10N2S/c1-2-6-11-10(5-1)15-14-9-16(11)12-7-3-4-8-13(12)17-14/h1-8H,9H2. The molecule has 4 rings (SSSR count). The lowest BCUT2D eigenvalue weighted by molar-refractivity contribution is 1.07. The lowest BCUT2D eigenvalue weighted by atomic mass is 10.2. The third-order valence-electron chi connectivity index (χ3n) is 3.09. The molecule has 0 atom stereocenters. The molecule has 0 N–H and O–H groups in total. The number of rotatable bonds is 0. The largest absolute Gasteiger partial charge is 0.332 e. The predicted molar refractivity (Wildman–Crippen MR) is 72.8 cm³/mol. The van der Waals surface area contributed by atoms with Gasteiger partial charge in [-0.1, -0.05) is 36.0 Å². The third kappa shape index (κ3) is 1.32. The predicted octanol–water partition coefficient (Wildman–Crippen LogP) is 3.97. The van der Waals surface area contributed by atoms with Crippen molar-refractivity contribution >= 4 is 33.9 Å². The van der Waals surface area contributed by atoms with Crippen molar-refractivity contribution in [1.82, 2.24) is 0 Å². The molecular formula is C14H10N2S. The van der Waals surface area contributed by atoms with Crippen LogP contribution in [0.4, 0.5) is 17.1 Å². The van der Waals surface area contributed by atoms with Gasteiger partial charge in [-0.25, -0.2) is 4.99 Å².